The number of nitrogens with one attached hydrogen (secondary N) is 1. The number of aliphatic carboxylic acids is 1. The zero-order valence-corrected chi connectivity index (χ0v) is 11.2. The number of rotatable bonds is 4. The molecule has 0 radical (unpaired) electrons. The Bertz CT molecular complexity index is 742. The first-order valence-electron chi connectivity index (χ1n) is 5.98. The Balaban J connectivity index is 1.99. The van der Waals surface area contributed by atoms with Crippen molar-refractivity contribution >= 4 is 33.3 Å². The second-order valence-electron chi connectivity index (χ2n) is 4.18. The SMILES string of the molecule is O=C(O)C(Nc1ncnc2ccsc12)c1ccccc1. The lowest BCUT2D eigenvalue weighted by Gasteiger charge is -2.15. The summed E-state index contributed by atoms with van der Waals surface area (Å²) >= 11 is 1.48. The van der Waals surface area contributed by atoms with Gasteiger partial charge in [0.15, 0.2) is 6.04 Å². The van der Waals surface area contributed by atoms with Gasteiger partial charge in [0, 0.05) is 0 Å². The molecular weight excluding hydrogens is 274 g/mol. The highest BCUT2D eigenvalue weighted by Crippen LogP contribution is 2.28. The van der Waals surface area contributed by atoms with Crippen LogP contribution in [0.3, 0.4) is 0 Å². The average molecular weight is 285 g/mol. The van der Waals surface area contributed by atoms with E-state index in [4.69, 9.17) is 0 Å². The first-order chi connectivity index (χ1) is 9.75. The third-order valence-corrected chi connectivity index (χ3v) is 3.81. The van der Waals surface area contributed by atoms with E-state index in [0.717, 1.165) is 10.2 Å². The predicted molar refractivity (Wildman–Crippen MR) is 77.9 cm³/mol. The molecule has 2 aromatic heterocycles. The lowest BCUT2D eigenvalue weighted by molar-refractivity contribution is -0.138. The minimum atomic E-state index is -0.945. The van der Waals surface area contributed by atoms with Gasteiger partial charge in [-0.1, -0.05) is 30.3 Å². The van der Waals surface area contributed by atoms with Crippen molar-refractivity contribution in [2.45, 2.75) is 6.04 Å². The molecule has 100 valence electrons. The van der Waals surface area contributed by atoms with Crippen LogP contribution in [0.2, 0.25) is 0 Å². The summed E-state index contributed by atoms with van der Waals surface area (Å²) in [5.74, 6) is -0.402. The summed E-state index contributed by atoms with van der Waals surface area (Å²) in [7, 11) is 0. The van der Waals surface area contributed by atoms with Gasteiger partial charge >= 0.3 is 5.97 Å². The Kier molecular flexibility index (Phi) is 3.30. The van der Waals surface area contributed by atoms with E-state index in [-0.39, 0.29) is 0 Å². The standard InChI is InChI=1S/C14H11N3O2S/c18-14(19)11(9-4-2-1-3-5-9)17-13-12-10(6-7-20-12)15-8-16-13/h1-8,11H,(H,18,19)(H,15,16,17). The molecule has 1 aromatic carbocycles. The molecule has 0 aliphatic heterocycles. The second kappa shape index (κ2) is 5.26. The molecular formula is C14H11N3O2S. The van der Waals surface area contributed by atoms with E-state index >= 15 is 0 Å². The van der Waals surface area contributed by atoms with Crippen molar-refractivity contribution in [1.29, 1.82) is 0 Å². The van der Waals surface area contributed by atoms with Crippen LogP contribution >= 0.6 is 11.3 Å². The Morgan fingerprint density at radius 3 is 2.75 bits per heavy atom. The summed E-state index contributed by atoms with van der Waals surface area (Å²) in [4.78, 5) is 19.8. The van der Waals surface area contributed by atoms with E-state index in [9.17, 15) is 9.90 Å². The zero-order chi connectivity index (χ0) is 13.9. The largest absolute Gasteiger partial charge is 0.479 e. The van der Waals surface area contributed by atoms with Crippen LogP contribution in [-0.2, 0) is 4.79 Å². The summed E-state index contributed by atoms with van der Waals surface area (Å²) in [5, 5.41) is 14.3. The van der Waals surface area contributed by atoms with Gasteiger partial charge in [-0.3, -0.25) is 0 Å². The van der Waals surface area contributed by atoms with Crippen molar-refractivity contribution in [3.63, 3.8) is 0 Å². The Hall–Kier alpha value is -2.47. The van der Waals surface area contributed by atoms with E-state index < -0.39 is 12.0 Å². The lowest BCUT2D eigenvalue weighted by Crippen LogP contribution is -2.21. The number of benzene rings is 1. The fourth-order valence-electron chi connectivity index (χ4n) is 1.96. The number of anilines is 1. The van der Waals surface area contributed by atoms with Gasteiger partial charge in [-0.05, 0) is 17.0 Å². The van der Waals surface area contributed by atoms with Crippen molar-refractivity contribution in [3.8, 4) is 0 Å². The van der Waals surface area contributed by atoms with Crippen LogP contribution in [0, 0.1) is 0 Å². The molecule has 3 aromatic rings. The molecule has 20 heavy (non-hydrogen) atoms. The monoisotopic (exact) mass is 285 g/mol. The van der Waals surface area contributed by atoms with Crippen molar-refractivity contribution in [2.75, 3.05) is 5.32 Å². The minimum Gasteiger partial charge on any atom is -0.479 e. The number of fused-ring (bicyclic) bond motifs is 1. The number of thiophene rings is 1. The molecule has 6 heteroatoms. The summed E-state index contributed by atoms with van der Waals surface area (Å²) in [6.07, 6.45) is 1.43. The van der Waals surface area contributed by atoms with Gasteiger partial charge in [0.1, 0.15) is 12.1 Å². The molecule has 1 unspecified atom stereocenters. The van der Waals surface area contributed by atoms with Crippen LogP contribution < -0.4 is 5.32 Å². The molecule has 0 saturated carbocycles. The van der Waals surface area contributed by atoms with Crippen LogP contribution in [0.5, 0.6) is 0 Å². The highest BCUT2D eigenvalue weighted by molar-refractivity contribution is 7.17. The summed E-state index contributed by atoms with van der Waals surface area (Å²) in [5.41, 5.74) is 1.49. The van der Waals surface area contributed by atoms with Crippen LogP contribution in [0.15, 0.2) is 48.1 Å². The zero-order valence-electron chi connectivity index (χ0n) is 10.4. The summed E-state index contributed by atoms with van der Waals surface area (Å²) in [6.45, 7) is 0. The number of carboxylic acid groups (broad SMARTS) is 1. The topological polar surface area (TPSA) is 75.1 Å². The van der Waals surface area contributed by atoms with E-state index in [1.54, 1.807) is 12.1 Å². The van der Waals surface area contributed by atoms with Gasteiger partial charge in [-0.25, -0.2) is 14.8 Å². The molecule has 1 atom stereocenters. The highest BCUT2D eigenvalue weighted by atomic mass is 32.1. The predicted octanol–water partition coefficient (Wildman–Crippen LogP) is 2.93. The second-order valence-corrected chi connectivity index (χ2v) is 5.10. The van der Waals surface area contributed by atoms with Crippen molar-refractivity contribution in [3.05, 3.63) is 53.7 Å². The molecule has 0 spiro atoms. The molecule has 3 rings (SSSR count). The lowest BCUT2D eigenvalue weighted by atomic mass is 10.1. The Morgan fingerprint density at radius 2 is 2.00 bits per heavy atom. The maximum atomic E-state index is 11.5. The van der Waals surface area contributed by atoms with Gasteiger partial charge in [-0.15, -0.1) is 11.3 Å². The fourth-order valence-corrected chi connectivity index (χ4v) is 2.76. The number of hydrogen-bond acceptors (Lipinski definition) is 5. The quantitative estimate of drug-likeness (QED) is 0.771. The van der Waals surface area contributed by atoms with Gasteiger partial charge < -0.3 is 10.4 Å². The number of carbonyl (C=O) groups is 1. The third-order valence-electron chi connectivity index (χ3n) is 2.90. The maximum Gasteiger partial charge on any atom is 0.330 e. The third kappa shape index (κ3) is 2.33. The molecule has 2 N–H and O–H groups in total. The van der Waals surface area contributed by atoms with Crippen molar-refractivity contribution < 1.29 is 9.90 Å². The van der Waals surface area contributed by atoms with E-state index in [0.29, 0.717) is 11.4 Å². The minimum absolute atomic E-state index is 0.543. The molecule has 5 nitrogen and oxygen atoms in total. The smallest absolute Gasteiger partial charge is 0.330 e. The van der Waals surface area contributed by atoms with Crippen LogP contribution in [0.4, 0.5) is 5.82 Å². The Morgan fingerprint density at radius 1 is 1.20 bits per heavy atom. The number of aromatic nitrogens is 2. The molecule has 0 aliphatic rings. The normalized spacial score (nSPS) is 12.2. The number of nitrogens with zero attached hydrogens (tertiary/aromatic N) is 2. The van der Waals surface area contributed by atoms with Gasteiger partial charge in [0.05, 0.1) is 10.2 Å². The van der Waals surface area contributed by atoms with Gasteiger partial charge in [0.25, 0.3) is 0 Å². The van der Waals surface area contributed by atoms with Crippen molar-refractivity contribution in [2.24, 2.45) is 0 Å². The number of hydrogen-bond donors (Lipinski definition) is 2. The molecule has 0 fully saturated rings. The summed E-state index contributed by atoms with van der Waals surface area (Å²) < 4.78 is 0.856. The summed E-state index contributed by atoms with van der Waals surface area (Å²) in [6, 6.07) is 10.1. The first kappa shape index (κ1) is 12.6. The van der Waals surface area contributed by atoms with Gasteiger partial charge in [0.2, 0.25) is 0 Å². The fraction of sp³-hybridized carbons (Fsp3) is 0.0714. The van der Waals surface area contributed by atoms with Crippen molar-refractivity contribution in [1.82, 2.24) is 9.97 Å². The molecule has 0 aliphatic carbocycles. The van der Waals surface area contributed by atoms with E-state index in [2.05, 4.69) is 15.3 Å². The number of carboxylic acids is 1. The van der Waals surface area contributed by atoms with Gasteiger partial charge in [-0.2, -0.15) is 0 Å². The maximum absolute atomic E-state index is 11.5. The molecule has 0 amide bonds. The Labute approximate surface area is 118 Å². The van der Waals surface area contributed by atoms with Crippen LogP contribution in [0.1, 0.15) is 11.6 Å². The molecule has 0 saturated heterocycles. The van der Waals surface area contributed by atoms with E-state index in [1.807, 2.05) is 29.6 Å². The highest BCUT2D eigenvalue weighted by Gasteiger charge is 2.21. The molecule has 2 heterocycles. The van der Waals surface area contributed by atoms with Crippen LogP contribution in [-0.4, -0.2) is 21.0 Å². The van der Waals surface area contributed by atoms with E-state index in [1.165, 1.54) is 17.7 Å². The first-order valence-corrected chi connectivity index (χ1v) is 6.86. The molecule has 0 bridgehead atoms. The average Bonchev–Trinajstić information content (AvgIpc) is 2.94. The van der Waals surface area contributed by atoms with Crippen LogP contribution in [0.25, 0.3) is 10.2 Å².